The van der Waals surface area contributed by atoms with Crippen molar-refractivity contribution in [2.24, 2.45) is 0 Å². The third kappa shape index (κ3) is 2.68. The first-order valence-corrected chi connectivity index (χ1v) is 6.81. The van der Waals surface area contributed by atoms with Gasteiger partial charge in [0.15, 0.2) is 0 Å². The number of nitrogens with zero attached hydrogens (tertiary/aromatic N) is 1. The molecule has 3 heteroatoms. The van der Waals surface area contributed by atoms with Crippen molar-refractivity contribution >= 4 is 11.4 Å². The summed E-state index contributed by atoms with van der Waals surface area (Å²) < 4.78 is 14.3. The van der Waals surface area contributed by atoms with E-state index in [9.17, 15) is 4.39 Å². The maximum atomic E-state index is 14.3. The van der Waals surface area contributed by atoms with Crippen LogP contribution in [0, 0.1) is 12.7 Å². The molecule has 2 aromatic carbocycles. The van der Waals surface area contributed by atoms with Crippen molar-refractivity contribution in [2.75, 3.05) is 19.0 Å². The highest BCUT2D eigenvalue weighted by Gasteiger charge is 2.18. The van der Waals surface area contributed by atoms with Gasteiger partial charge < -0.3 is 10.2 Å². The van der Waals surface area contributed by atoms with Gasteiger partial charge in [0.05, 0.1) is 5.69 Å². The van der Waals surface area contributed by atoms with Crippen LogP contribution in [0.2, 0.25) is 0 Å². The van der Waals surface area contributed by atoms with Crippen LogP contribution < -0.4 is 10.2 Å². The van der Waals surface area contributed by atoms with Crippen LogP contribution in [0.25, 0.3) is 0 Å². The maximum absolute atomic E-state index is 14.3. The normalized spacial score (nSPS) is 12.2. The van der Waals surface area contributed by atoms with Crippen LogP contribution in [0.4, 0.5) is 15.8 Å². The summed E-state index contributed by atoms with van der Waals surface area (Å²) >= 11 is 0. The van der Waals surface area contributed by atoms with Crippen molar-refractivity contribution in [3.8, 4) is 0 Å². The molecule has 0 aliphatic rings. The molecule has 1 unspecified atom stereocenters. The molecule has 0 spiro atoms. The summed E-state index contributed by atoms with van der Waals surface area (Å²) in [7, 11) is 3.79. The minimum atomic E-state index is -0.199. The van der Waals surface area contributed by atoms with Crippen molar-refractivity contribution in [2.45, 2.75) is 19.9 Å². The summed E-state index contributed by atoms with van der Waals surface area (Å²) in [5.41, 5.74) is 3.73. The Morgan fingerprint density at radius 1 is 1.10 bits per heavy atom. The molecule has 1 N–H and O–H groups in total. The lowest BCUT2D eigenvalue weighted by Crippen LogP contribution is -2.20. The molecule has 2 rings (SSSR count). The minimum absolute atomic E-state index is 0.0900. The van der Waals surface area contributed by atoms with Crippen LogP contribution >= 0.6 is 0 Å². The van der Waals surface area contributed by atoms with Crippen LogP contribution in [0.15, 0.2) is 42.5 Å². The van der Waals surface area contributed by atoms with E-state index in [4.69, 9.17) is 0 Å². The van der Waals surface area contributed by atoms with E-state index in [1.165, 1.54) is 6.07 Å². The summed E-state index contributed by atoms with van der Waals surface area (Å²) in [4.78, 5) is 1.92. The number of rotatable bonds is 4. The number of para-hydroxylation sites is 2. The predicted octanol–water partition coefficient (Wildman–Crippen LogP) is 4.18. The van der Waals surface area contributed by atoms with E-state index in [1.54, 1.807) is 6.07 Å². The molecular formula is C17H21FN2. The lowest BCUT2D eigenvalue weighted by Gasteiger charge is -2.27. The van der Waals surface area contributed by atoms with E-state index in [1.807, 2.05) is 63.2 Å². The van der Waals surface area contributed by atoms with Crippen LogP contribution in [0.1, 0.15) is 24.1 Å². The Morgan fingerprint density at radius 2 is 1.80 bits per heavy atom. The van der Waals surface area contributed by atoms with Crippen molar-refractivity contribution in [3.05, 3.63) is 59.4 Å². The zero-order valence-electron chi connectivity index (χ0n) is 12.4. The largest absolute Gasteiger partial charge is 0.342 e. The fourth-order valence-electron chi connectivity index (χ4n) is 2.45. The Morgan fingerprint density at radius 3 is 2.45 bits per heavy atom. The molecular weight excluding hydrogens is 251 g/mol. The Bertz CT molecular complexity index is 595. The van der Waals surface area contributed by atoms with Gasteiger partial charge in [0, 0.05) is 18.8 Å². The van der Waals surface area contributed by atoms with Gasteiger partial charge in [-0.15, -0.1) is 0 Å². The van der Waals surface area contributed by atoms with Gasteiger partial charge in [-0.05, 0) is 44.2 Å². The van der Waals surface area contributed by atoms with Gasteiger partial charge in [-0.1, -0.05) is 30.3 Å². The number of hydrogen-bond donors (Lipinski definition) is 1. The van der Waals surface area contributed by atoms with Crippen LogP contribution in [0.3, 0.4) is 0 Å². The van der Waals surface area contributed by atoms with Crippen LogP contribution in [-0.4, -0.2) is 14.1 Å². The van der Waals surface area contributed by atoms with Gasteiger partial charge >= 0.3 is 0 Å². The second-order valence-corrected chi connectivity index (χ2v) is 5.03. The molecule has 0 saturated carbocycles. The second kappa shape index (κ2) is 6.06. The van der Waals surface area contributed by atoms with Crippen molar-refractivity contribution in [3.63, 3.8) is 0 Å². The fraction of sp³-hybridized carbons (Fsp3) is 0.294. The third-order valence-corrected chi connectivity index (χ3v) is 3.73. The van der Waals surface area contributed by atoms with Crippen molar-refractivity contribution in [1.29, 1.82) is 0 Å². The number of halogens is 1. The molecule has 0 heterocycles. The maximum Gasteiger partial charge on any atom is 0.147 e. The first kappa shape index (κ1) is 14.5. The van der Waals surface area contributed by atoms with Crippen LogP contribution in [0.5, 0.6) is 0 Å². The number of benzene rings is 2. The molecule has 106 valence electrons. The average Bonchev–Trinajstić information content (AvgIpc) is 2.46. The van der Waals surface area contributed by atoms with E-state index in [2.05, 4.69) is 5.32 Å². The summed E-state index contributed by atoms with van der Waals surface area (Å²) in [5.74, 6) is -0.199. The number of anilines is 2. The molecule has 0 aliphatic heterocycles. The van der Waals surface area contributed by atoms with Gasteiger partial charge in [0.2, 0.25) is 0 Å². The van der Waals surface area contributed by atoms with Gasteiger partial charge in [-0.25, -0.2) is 4.39 Å². The van der Waals surface area contributed by atoms with E-state index in [-0.39, 0.29) is 11.9 Å². The highest BCUT2D eigenvalue weighted by atomic mass is 19.1. The summed E-state index contributed by atoms with van der Waals surface area (Å²) in [6.45, 7) is 4.07. The molecule has 20 heavy (non-hydrogen) atoms. The van der Waals surface area contributed by atoms with Gasteiger partial charge in [-0.3, -0.25) is 0 Å². The second-order valence-electron chi connectivity index (χ2n) is 5.03. The first-order valence-electron chi connectivity index (χ1n) is 6.81. The number of nitrogens with one attached hydrogen (secondary N) is 1. The first-order chi connectivity index (χ1) is 9.56. The average molecular weight is 272 g/mol. The highest BCUT2D eigenvalue weighted by Crippen LogP contribution is 2.34. The topological polar surface area (TPSA) is 15.3 Å². The molecule has 0 radical (unpaired) electrons. The van der Waals surface area contributed by atoms with E-state index < -0.39 is 0 Å². The molecule has 2 aromatic rings. The predicted molar refractivity (Wildman–Crippen MR) is 83.1 cm³/mol. The molecule has 1 atom stereocenters. The lowest BCUT2D eigenvalue weighted by molar-refractivity contribution is 0.608. The Labute approximate surface area is 120 Å². The Balaban J connectivity index is 2.54. The molecule has 0 saturated heterocycles. The SMILES string of the molecule is CNC(C)c1cccc(F)c1N(C)c1ccccc1C. The summed E-state index contributed by atoms with van der Waals surface area (Å²) in [5, 5.41) is 3.18. The molecule has 0 fully saturated rings. The number of hydrogen-bond acceptors (Lipinski definition) is 2. The molecule has 2 nitrogen and oxygen atoms in total. The molecule has 0 bridgehead atoms. The molecule has 0 amide bonds. The van der Waals surface area contributed by atoms with E-state index in [0.717, 1.165) is 16.8 Å². The fourth-order valence-corrected chi connectivity index (χ4v) is 2.45. The smallest absolute Gasteiger partial charge is 0.147 e. The number of aryl methyl sites for hydroxylation is 1. The minimum Gasteiger partial charge on any atom is -0.342 e. The molecule has 0 aliphatic carbocycles. The Kier molecular flexibility index (Phi) is 4.40. The van der Waals surface area contributed by atoms with Crippen molar-refractivity contribution in [1.82, 2.24) is 5.32 Å². The van der Waals surface area contributed by atoms with Gasteiger partial charge in [0.25, 0.3) is 0 Å². The zero-order valence-corrected chi connectivity index (χ0v) is 12.4. The summed E-state index contributed by atoms with van der Waals surface area (Å²) in [6.07, 6.45) is 0. The van der Waals surface area contributed by atoms with Crippen molar-refractivity contribution < 1.29 is 4.39 Å². The summed E-state index contributed by atoms with van der Waals surface area (Å²) in [6, 6.07) is 13.3. The zero-order chi connectivity index (χ0) is 14.7. The quantitative estimate of drug-likeness (QED) is 0.898. The monoisotopic (exact) mass is 272 g/mol. The highest BCUT2D eigenvalue weighted by molar-refractivity contribution is 5.69. The van der Waals surface area contributed by atoms with E-state index in [0.29, 0.717) is 5.69 Å². The van der Waals surface area contributed by atoms with E-state index >= 15 is 0 Å². The van der Waals surface area contributed by atoms with Gasteiger partial charge in [0.1, 0.15) is 5.82 Å². The molecule has 0 aromatic heterocycles. The standard InChI is InChI=1S/C17H21FN2/c1-12-8-5-6-11-16(12)20(4)17-14(13(2)19-3)9-7-10-15(17)18/h5-11,13,19H,1-4H3. The lowest BCUT2D eigenvalue weighted by atomic mass is 10.0. The third-order valence-electron chi connectivity index (χ3n) is 3.73. The van der Waals surface area contributed by atoms with Crippen LogP contribution in [-0.2, 0) is 0 Å². The Hall–Kier alpha value is -1.87. The van der Waals surface area contributed by atoms with Gasteiger partial charge in [-0.2, -0.15) is 0 Å².